The van der Waals surface area contributed by atoms with Crippen LogP contribution in [0.4, 0.5) is 0 Å². The maximum Gasteiger partial charge on any atom is 0.180 e. The van der Waals surface area contributed by atoms with Crippen LogP contribution < -0.4 is 0 Å². The molecule has 1 aliphatic heterocycles. The molecule has 0 aliphatic carbocycles. The topological polar surface area (TPSA) is 87.7 Å². The van der Waals surface area contributed by atoms with Crippen LogP contribution in [0, 0.1) is 0 Å². The van der Waals surface area contributed by atoms with Gasteiger partial charge < -0.3 is 20.1 Å². The van der Waals surface area contributed by atoms with Crippen molar-refractivity contribution in [1.82, 2.24) is 9.55 Å². The van der Waals surface area contributed by atoms with E-state index >= 15 is 0 Å². The number of benzene rings is 1. The summed E-state index contributed by atoms with van der Waals surface area (Å²) >= 11 is 15.4. The molecule has 3 rings (SSSR count). The maximum absolute atomic E-state index is 10.1. The number of nitrogens with zero attached hydrogens (tertiary/aromatic N) is 2. The summed E-state index contributed by atoms with van der Waals surface area (Å²) in [6, 6.07) is 3.30. The number of ether oxygens (including phenoxy) is 1. The first-order chi connectivity index (χ1) is 9.95. The van der Waals surface area contributed by atoms with E-state index in [4.69, 9.17) is 33.0 Å². The van der Waals surface area contributed by atoms with Gasteiger partial charge in [0, 0.05) is 0 Å². The molecule has 6 nitrogen and oxygen atoms in total. The zero-order chi connectivity index (χ0) is 15.3. The molecule has 1 aliphatic rings. The highest BCUT2D eigenvalue weighted by atomic mass is 79.9. The van der Waals surface area contributed by atoms with Crippen molar-refractivity contribution in [1.29, 1.82) is 0 Å². The predicted molar refractivity (Wildman–Crippen MR) is 80.5 cm³/mol. The van der Waals surface area contributed by atoms with Gasteiger partial charge in [-0.05, 0) is 28.1 Å². The van der Waals surface area contributed by atoms with Gasteiger partial charge in [-0.3, -0.25) is 4.57 Å². The lowest BCUT2D eigenvalue weighted by Gasteiger charge is -2.18. The van der Waals surface area contributed by atoms with E-state index < -0.39 is 31.1 Å². The Kier molecular flexibility index (Phi) is 4.17. The van der Waals surface area contributed by atoms with Crippen LogP contribution in [0.25, 0.3) is 11.0 Å². The summed E-state index contributed by atoms with van der Waals surface area (Å²) in [6.45, 7) is -0.397. The Morgan fingerprint density at radius 1 is 1.29 bits per heavy atom. The Morgan fingerprint density at radius 2 is 2.00 bits per heavy atom. The summed E-state index contributed by atoms with van der Waals surface area (Å²) in [5, 5.41) is 29.8. The molecular formula is C12H11BrCl2N2O4. The largest absolute Gasteiger partial charge is 0.394 e. The van der Waals surface area contributed by atoms with Crippen molar-refractivity contribution in [3.8, 4) is 0 Å². The van der Waals surface area contributed by atoms with Crippen molar-refractivity contribution < 1.29 is 20.1 Å². The minimum absolute atomic E-state index is 0.292. The van der Waals surface area contributed by atoms with E-state index in [1.54, 1.807) is 16.7 Å². The van der Waals surface area contributed by atoms with Gasteiger partial charge in [0.25, 0.3) is 0 Å². The van der Waals surface area contributed by atoms with Crippen molar-refractivity contribution >= 4 is 50.2 Å². The number of aliphatic hydroxyl groups is 3. The van der Waals surface area contributed by atoms with Crippen LogP contribution in [0.15, 0.2) is 16.9 Å². The van der Waals surface area contributed by atoms with E-state index in [0.29, 0.717) is 25.8 Å². The molecule has 2 heterocycles. The summed E-state index contributed by atoms with van der Waals surface area (Å²) < 4.78 is 7.43. The Hall–Kier alpha value is -0.410. The third-order valence-corrected chi connectivity index (χ3v) is 4.84. The Morgan fingerprint density at radius 3 is 2.62 bits per heavy atom. The summed E-state index contributed by atoms with van der Waals surface area (Å²) in [4.78, 5) is 4.26. The summed E-state index contributed by atoms with van der Waals surface area (Å²) in [7, 11) is 0. The molecule has 1 aromatic heterocycles. The van der Waals surface area contributed by atoms with Crippen LogP contribution >= 0.6 is 39.1 Å². The molecule has 0 saturated carbocycles. The molecule has 0 bridgehead atoms. The molecule has 1 unspecified atom stereocenters. The van der Waals surface area contributed by atoms with Crippen LogP contribution in [0.2, 0.25) is 10.0 Å². The molecule has 21 heavy (non-hydrogen) atoms. The molecule has 114 valence electrons. The van der Waals surface area contributed by atoms with E-state index in [1.807, 2.05) is 0 Å². The van der Waals surface area contributed by atoms with Gasteiger partial charge >= 0.3 is 0 Å². The first-order valence-electron chi connectivity index (χ1n) is 6.09. The maximum atomic E-state index is 10.1. The molecular weight excluding hydrogens is 387 g/mol. The van der Waals surface area contributed by atoms with E-state index in [0.717, 1.165) is 0 Å². The number of halogens is 3. The fraction of sp³-hybridized carbons (Fsp3) is 0.417. The van der Waals surface area contributed by atoms with E-state index in [1.165, 1.54) is 0 Å². The first-order valence-corrected chi connectivity index (χ1v) is 7.64. The van der Waals surface area contributed by atoms with E-state index in [-0.39, 0.29) is 0 Å². The van der Waals surface area contributed by atoms with Gasteiger partial charge in [0.2, 0.25) is 0 Å². The van der Waals surface area contributed by atoms with Crippen molar-refractivity contribution in [3.63, 3.8) is 0 Å². The van der Waals surface area contributed by atoms with Crippen LogP contribution in [-0.2, 0) is 4.74 Å². The van der Waals surface area contributed by atoms with E-state index in [9.17, 15) is 10.2 Å². The molecule has 4 atom stereocenters. The summed E-state index contributed by atoms with van der Waals surface area (Å²) in [5.41, 5.74) is 1.04. The number of aromatic nitrogens is 2. The lowest BCUT2D eigenvalue weighted by atomic mass is 10.1. The molecule has 1 aromatic carbocycles. The average Bonchev–Trinajstić information content (AvgIpc) is 2.93. The second kappa shape index (κ2) is 5.66. The minimum atomic E-state index is -1.20. The molecule has 0 radical (unpaired) electrons. The zero-order valence-corrected chi connectivity index (χ0v) is 13.5. The molecule has 2 aromatic rings. The van der Waals surface area contributed by atoms with Gasteiger partial charge in [0.15, 0.2) is 11.0 Å². The SMILES string of the molecule is OC[C@H]1OC(n2c(Br)nc3c(Cl)c(Cl)ccc32)[C@H](O)[C@@H]1O. The minimum Gasteiger partial charge on any atom is -0.394 e. The highest BCUT2D eigenvalue weighted by molar-refractivity contribution is 9.10. The number of imidazole rings is 1. The zero-order valence-electron chi connectivity index (χ0n) is 10.4. The quantitative estimate of drug-likeness (QED) is 0.718. The van der Waals surface area contributed by atoms with Crippen LogP contribution in [0.1, 0.15) is 6.23 Å². The van der Waals surface area contributed by atoms with Gasteiger partial charge in [0.1, 0.15) is 23.8 Å². The smallest absolute Gasteiger partial charge is 0.180 e. The predicted octanol–water partition coefficient (Wildman–Crippen LogP) is 1.72. The Bertz CT molecular complexity index is 695. The third-order valence-electron chi connectivity index (χ3n) is 3.48. The fourth-order valence-electron chi connectivity index (χ4n) is 2.41. The lowest BCUT2D eigenvalue weighted by Crippen LogP contribution is -2.33. The van der Waals surface area contributed by atoms with Crippen molar-refractivity contribution in [3.05, 3.63) is 26.9 Å². The molecule has 0 amide bonds. The number of aliphatic hydroxyl groups excluding tert-OH is 3. The number of hydrogen-bond acceptors (Lipinski definition) is 5. The average molecular weight is 398 g/mol. The van der Waals surface area contributed by atoms with Gasteiger partial charge in [-0.2, -0.15) is 0 Å². The first kappa shape index (κ1) is 15.5. The molecule has 1 saturated heterocycles. The molecule has 3 N–H and O–H groups in total. The number of hydrogen-bond donors (Lipinski definition) is 3. The van der Waals surface area contributed by atoms with Crippen LogP contribution in [-0.4, -0.2) is 49.8 Å². The number of rotatable bonds is 2. The van der Waals surface area contributed by atoms with Crippen LogP contribution in [0.5, 0.6) is 0 Å². The second-order valence-corrected chi connectivity index (χ2v) is 6.20. The number of fused-ring (bicyclic) bond motifs is 1. The van der Waals surface area contributed by atoms with Gasteiger partial charge in [-0.1, -0.05) is 23.2 Å². The van der Waals surface area contributed by atoms with Crippen molar-refractivity contribution in [2.45, 2.75) is 24.5 Å². The van der Waals surface area contributed by atoms with Crippen molar-refractivity contribution in [2.24, 2.45) is 0 Å². The monoisotopic (exact) mass is 396 g/mol. The van der Waals surface area contributed by atoms with Crippen molar-refractivity contribution in [2.75, 3.05) is 6.61 Å². The normalized spacial score (nSPS) is 29.4. The fourth-order valence-corrected chi connectivity index (χ4v) is 3.34. The highest BCUT2D eigenvalue weighted by Gasteiger charge is 2.44. The van der Waals surface area contributed by atoms with Gasteiger partial charge in [-0.25, -0.2) is 4.98 Å². The lowest BCUT2D eigenvalue weighted by molar-refractivity contribution is -0.0518. The molecule has 1 fully saturated rings. The summed E-state index contributed by atoms with van der Waals surface area (Å²) in [6.07, 6.45) is -4.15. The van der Waals surface area contributed by atoms with E-state index in [2.05, 4.69) is 20.9 Å². The van der Waals surface area contributed by atoms with Crippen LogP contribution in [0.3, 0.4) is 0 Å². The summed E-state index contributed by atoms with van der Waals surface area (Å²) in [5.74, 6) is 0. The highest BCUT2D eigenvalue weighted by Crippen LogP contribution is 2.38. The Labute approximate surface area is 138 Å². The standard InChI is InChI=1S/C12H11BrCl2N2O4/c13-12-16-8-5(2-1-4(14)7(8)15)17(12)11-10(20)9(19)6(3-18)21-11/h1-2,6,9-11,18-20H,3H2/t6-,9-,10-,11?/m1/s1. The molecule has 9 heteroatoms. The van der Waals surface area contributed by atoms with Gasteiger partial charge in [0.05, 0.1) is 22.2 Å². The molecule has 0 spiro atoms. The second-order valence-electron chi connectivity index (χ2n) is 4.71. The van der Waals surface area contributed by atoms with Gasteiger partial charge in [-0.15, -0.1) is 0 Å². The third kappa shape index (κ3) is 2.37. The Balaban J connectivity index is 2.13.